The first kappa shape index (κ1) is 37.4. The van der Waals surface area contributed by atoms with E-state index in [1.54, 1.807) is 0 Å². The Hall–Kier alpha value is -5.40. The third-order valence-corrected chi connectivity index (χ3v) is 9.31. The number of benzene rings is 3. The van der Waals surface area contributed by atoms with Gasteiger partial charge in [-0.05, 0) is 96.1 Å². The van der Waals surface area contributed by atoms with Crippen LogP contribution in [0.25, 0.3) is 11.1 Å². The summed E-state index contributed by atoms with van der Waals surface area (Å²) in [5.74, 6) is 1.02. The summed E-state index contributed by atoms with van der Waals surface area (Å²) in [6.45, 7) is 24.3. The molecular formula is C49H53N. The van der Waals surface area contributed by atoms with E-state index in [0.29, 0.717) is 5.92 Å². The predicted octanol–water partition coefficient (Wildman–Crippen LogP) is 13.8. The van der Waals surface area contributed by atoms with Gasteiger partial charge in [-0.25, -0.2) is 0 Å². The molecule has 1 aliphatic rings. The van der Waals surface area contributed by atoms with Gasteiger partial charge >= 0.3 is 0 Å². The Morgan fingerprint density at radius 1 is 0.700 bits per heavy atom. The molecule has 0 bridgehead atoms. The zero-order chi connectivity index (χ0) is 35.6. The number of anilines is 1. The maximum atomic E-state index is 4.17. The van der Waals surface area contributed by atoms with Gasteiger partial charge in [0.05, 0.1) is 0 Å². The molecule has 50 heavy (non-hydrogen) atoms. The molecule has 0 saturated heterocycles. The number of rotatable bonds is 20. The molecule has 1 aliphatic carbocycles. The normalized spacial score (nSPS) is 15.4. The third-order valence-electron chi connectivity index (χ3n) is 9.31. The summed E-state index contributed by atoms with van der Waals surface area (Å²) in [4.78, 5) is 2.19. The van der Waals surface area contributed by atoms with Crippen molar-refractivity contribution in [3.05, 3.63) is 226 Å². The van der Waals surface area contributed by atoms with E-state index in [1.165, 1.54) is 27.8 Å². The molecule has 0 saturated carbocycles. The van der Waals surface area contributed by atoms with Crippen molar-refractivity contribution in [1.29, 1.82) is 0 Å². The molecule has 4 unspecified atom stereocenters. The Labute approximate surface area is 302 Å². The Balaban J connectivity index is 1.63. The summed E-state index contributed by atoms with van der Waals surface area (Å²) >= 11 is 0. The van der Waals surface area contributed by atoms with Crippen LogP contribution in [0.15, 0.2) is 215 Å². The molecule has 3 aromatic rings. The fraction of sp³-hybridized carbons (Fsp3) is 0.184. The van der Waals surface area contributed by atoms with Crippen molar-refractivity contribution >= 4 is 5.69 Å². The van der Waals surface area contributed by atoms with E-state index >= 15 is 0 Å². The van der Waals surface area contributed by atoms with Crippen LogP contribution >= 0.6 is 0 Å². The summed E-state index contributed by atoms with van der Waals surface area (Å²) in [6.07, 6.45) is 34.3. The number of hydrogen-bond acceptors (Lipinski definition) is 1. The first-order valence-corrected chi connectivity index (χ1v) is 17.7. The highest BCUT2D eigenvalue weighted by molar-refractivity contribution is 5.69. The molecule has 3 aromatic carbocycles. The zero-order valence-electron chi connectivity index (χ0n) is 29.6. The molecule has 1 nitrogen and oxygen atoms in total. The van der Waals surface area contributed by atoms with Gasteiger partial charge in [-0.1, -0.05) is 140 Å². The summed E-state index contributed by atoms with van der Waals surface area (Å²) in [6, 6.07) is 28.3. The highest BCUT2D eigenvalue weighted by Gasteiger charge is 2.23. The highest BCUT2D eigenvalue weighted by atomic mass is 15.1. The number of nitrogens with zero attached hydrogens (tertiary/aromatic N) is 1. The van der Waals surface area contributed by atoms with E-state index in [-0.39, 0.29) is 17.8 Å². The Bertz CT molecular complexity index is 1720. The van der Waals surface area contributed by atoms with E-state index in [0.717, 1.165) is 43.5 Å². The SMILES string of the molecule is C=CCC(C=C)/C=C/C=C(\C=C)N(/C=C/CC(C=C)c1ccccc1)c1ccc(-c2ccc(C(C3=CCCC=C3)C(C=C)CC=C)cc2)cc1. The molecule has 0 spiro atoms. The number of allylic oxidation sites excluding steroid dienone is 14. The minimum Gasteiger partial charge on any atom is -0.318 e. The van der Waals surface area contributed by atoms with Crippen molar-refractivity contribution in [3.8, 4) is 11.1 Å². The molecule has 0 radical (unpaired) electrons. The monoisotopic (exact) mass is 655 g/mol. The topological polar surface area (TPSA) is 3.24 Å². The standard InChI is InChI=1S/C49H53N/c1-7-21-39(9-3)23-19-29-47(12-6)50(38-20-28-40(10-4)42-24-15-13-16-25-42)48-36-34-44(35-37-48)43-30-32-46(33-31-43)49(41(11-5)22-8-2)45-26-17-14-18-27-45/h7-13,15-17,19-20,23-27,29-41,49H,1-6,14,18,21-22,28H2/b23-19+,38-20+,47-29+. The van der Waals surface area contributed by atoms with Gasteiger partial charge < -0.3 is 4.90 Å². The van der Waals surface area contributed by atoms with Crippen molar-refractivity contribution in [3.63, 3.8) is 0 Å². The Morgan fingerprint density at radius 2 is 1.40 bits per heavy atom. The van der Waals surface area contributed by atoms with Crippen molar-refractivity contribution < 1.29 is 0 Å². The van der Waals surface area contributed by atoms with Gasteiger partial charge in [0, 0.05) is 29.4 Å². The molecule has 0 fully saturated rings. The van der Waals surface area contributed by atoms with Gasteiger partial charge in [0.1, 0.15) is 0 Å². The second-order valence-corrected chi connectivity index (χ2v) is 12.6. The minimum atomic E-state index is 0.228. The fourth-order valence-corrected chi connectivity index (χ4v) is 6.50. The van der Waals surface area contributed by atoms with Crippen LogP contribution in [0.3, 0.4) is 0 Å². The summed E-state index contributed by atoms with van der Waals surface area (Å²) in [7, 11) is 0. The van der Waals surface area contributed by atoms with Crippen molar-refractivity contribution in [2.24, 2.45) is 11.8 Å². The maximum absolute atomic E-state index is 4.17. The van der Waals surface area contributed by atoms with Gasteiger partial charge in [0.15, 0.2) is 0 Å². The first-order chi connectivity index (χ1) is 24.6. The second kappa shape index (κ2) is 20.2. The van der Waals surface area contributed by atoms with Crippen LogP contribution in [0.2, 0.25) is 0 Å². The predicted molar refractivity (Wildman–Crippen MR) is 221 cm³/mol. The molecule has 1 heteroatoms. The average Bonchev–Trinajstić information content (AvgIpc) is 3.17. The van der Waals surface area contributed by atoms with Crippen molar-refractivity contribution in [2.45, 2.75) is 43.9 Å². The van der Waals surface area contributed by atoms with Crippen LogP contribution < -0.4 is 4.90 Å². The van der Waals surface area contributed by atoms with Gasteiger partial charge in [-0.3, -0.25) is 0 Å². The van der Waals surface area contributed by atoms with E-state index in [2.05, 4.69) is 172 Å². The van der Waals surface area contributed by atoms with Crippen LogP contribution in [0.1, 0.15) is 55.1 Å². The molecule has 0 aliphatic heterocycles. The summed E-state index contributed by atoms with van der Waals surface area (Å²) < 4.78 is 0. The molecule has 254 valence electrons. The lowest BCUT2D eigenvalue weighted by Gasteiger charge is -2.27. The molecule has 0 heterocycles. The lowest BCUT2D eigenvalue weighted by molar-refractivity contribution is 0.574. The van der Waals surface area contributed by atoms with Crippen LogP contribution in [0.5, 0.6) is 0 Å². The number of hydrogen-bond donors (Lipinski definition) is 0. The molecule has 0 aromatic heterocycles. The summed E-state index contributed by atoms with van der Waals surface area (Å²) in [5, 5.41) is 0. The molecular weight excluding hydrogens is 603 g/mol. The van der Waals surface area contributed by atoms with E-state index < -0.39 is 0 Å². The first-order valence-electron chi connectivity index (χ1n) is 17.7. The molecule has 4 atom stereocenters. The minimum absolute atomic E-state index is 0.228. The Kier molecular flexibility index (Phi) is 15.1. The van der Waals surface area contributed by atoms with Gasteiger partial charge in [0.2, 0.25) is 0 Å². The second-order valence-electron chi connectivity index (χ2n) is 12.6. The quantitative estimate of drug-likeness (QED) is 0.0865. The lowest BCUT2D eigenvalue weighted by atomic mass is 9.77. The lowest BCUT2D eigenvalue weighted by Crippen LogP contribution is -2.14. The molecule has 4 rings (SSSR count). The zero-order valence-corrected chi connectivity index (χ0v) is 29.6. The molecule has 0 amide bonds. The fourth-order valence-electron chi connectivity index (χ4n) is 6.50. The smallest absolute Gasteiger partial charge is 0.0455 e. The molecule has 0 N–H and O–H groups in total. The third kappa shape index (κ3) is 10.3. The van der Waals surface area contributed by atoms with Crippen LogP contribution in [-0.2, 0) is 0 Å². The average molecular weight is 656 g/mol. The van der Waals surface area contributed by atoms with E-state index in [1.807, 2.05) is 36.4 Å². The summed E-state index contributed by atoms with van der Waals surface area (Å²) in [5.41, 5.74) is 8.31. The van der Waals surface area contributed by atoms with E-state index in [4.69, 9.17) is 0 Å². The van der Waals surface area contributed by atoms with Crippen LogP contribution in [0, 0.1) is 11.8 Å². The van der Waals surface area contributed by atoms with E-state index in [9.17, 15) is 0 Å². The van der Waals surface area contributed by atoms with Crippen molar-refractivity contribution in [2.75, 3.05) is 4.90 Å². The maximum Gasteiger partial charge on any atom is 0.0455 e. The van der Waals surface area contributed by atoms with Crippen molar-refractivity contribution in [1.82, 2.24) is 0 Å². The highest BCUT2D eigenvalue weighted by Crippen LogP contribution is 2.38. The van der Waals surface area contributed by atoms with Gasteiger partial charge in [0.25, 0.3) is 0 Å². The van der Waals surface area contributed by atoms with Gasteiger partial charge in [-0.2, -0.15) is 0 Å². The van der Waals surface area contributed by atoms with Gasteiger partial charge in [-0.15, -0.1) is 32.9 Å². The van der Waals surface area contributed by atoms with Crippen LogP contribution in [0.4, 0.5) is 5.69 Å². The van der Waals surface area contributed by atoms with Crippen LogP contribution in [-0.4, -0.2) is 0 Å². The Morgan fingerprint density at radius 3 is 1.98 bits per heavy atom. The largest absolute Gasteiger partial charge is 0.318 e.